The second kappa shape index (κ2) is 10.3. The summed E-state index contributed by atoms with van der Waals surface area (Å²) in [6.07, 6.45) is 11.6. The van der Waals surface area contributed by atoms with Gasteiger partial charge in [0.25, 0.3) is 0 Å². The van der Waals surface area contributed by atoms with Crippen LogP contribution < -0.4 is 5.32 Å². The molecule has 0 radical (unpaired) electrons. The number of rotatable bonds is 7. The molecule has 0 bridgehead atoms. The maximum atomic E-state index is 5.77. The van der Waals surface area contributed by atoms with Crippen LogP contribution >= 0.6 is 12.2 Å². The van der Waals surface area contributed by atoms with Gasteiger partial charge in [-0.25, -0.2) is 0 Å². The Balaban J connectivity index is 1.40. The molecule has 26 heavy (non-hydrogen) atoms. The van der Waals surface area contributed by atoms with Crippen LogP contribution in [0.15, 0.2) is 30.3 Å². The summed E-state index contributed by atoms with van der Waals surface area (Å²) in [6.45, 7) is 3.41. The maximum absolute atomic E-state index is 5.77. The van der Waals surface area contributed by atoms with Crippen molar-refractivity contribution in [1.29, 1.82) is 0 Å². The zero-order chi connectivity index (χ0) is 18.2. The van der Waals surface area contributed by atoms with Gasteiger partial charge in [0, 0.05) is 25.2 Å². The van der Waals surface area contributed by atoms with E-state index in [1.165, 1.54) is 63.4 Å². The van der Waals surface area contributed by atoms with Crippen LogP contribution in [0.3, 0.4) is 0 Å². The molecule has 1 saturated heterocycles. The molecule has 1 atom stereocenters. The van der Waals surface area contributed by atoms with Crippen molar-refractivity contribution in [2.45, 2.75) is 69.9 Å². The van der Waals surface area contributed by atoms with Gasteiger partial charge in [-0.2, -0.15) is 0 Å². The molecule has 144 valence electrons. The average molecular weight is 374 g/mol. The number of hydrogen-bond acceptors (Lipinski definition) is 2. The SMILES string of the molecule is CN(CCCc1ccccc1)CC1CCCN1C(=S)NC1CCCCC1. The zero-order valence-electron chi connectivity index (χ0n) is 16.3. The number of aryl methyl sites for hydroxylation is 1. The molecular weight excluding hydrogens is 338 g/mol. The molecule has 1 saturated carbocycles. The molecule has 2 aliphatic rings. The van der Waals surface area contributed by atoms with Gasteiger partial charge < -0.3 is 15.1 Å². The minimum atomic E-state index is 0.584. The molecule has 3 rings (SSSR count). The van der Waals surface area contributed by atoms with Crippen molar-refractivity contribution in [2.75, 3.05) is 26.7 Å². The van der Waals surface area contributed by atoms with Crippen LogP contribution in [0, 0.1) is 0 Å². The number of benzene rings is 1. The third-order valence-electron chi connectivity index (χ3n) is 5.94. The fourth-order valence-electron chi connectivity index (χ4n) is 4.45. The highest BCUT2D eigenvalue weighted by atomic mass is 32.1. The molecule has 0 amide bonds. The number of thiocarbonyl (C=S) groups is 1. The summed E-state index contributed by atoms with van der Waals surface area (Å²) in [5.41, 5.74) is 1.45. The van der Waals surface area contributed by atoms with Crippen LogP contribution in [0.4, 0.5) is 0 Å². The summed E-state index contributed by atoms with van der Waals surface area (Å²) in [7, 11) is 2.26. The smallest absolute Gasteiger partial charge is 0.169 e. The topological polar surface area (TPSA) is 18.5 Å². The first kappa shape index (κ1) is 19.6. The first-order valence-corrected chi connectivity index (χ1v) is 10.9. The van der Waals surface area contributed by atoms with E-state index in [-0.39, 0.29) is 0 Å². The summed E-state index contributed by atoms with van der Waals surface area (Å²) in [5, 5.41) is 4.68. The Bertz CT molecular complexity index is 542. The molecule has 1 aromatic carbocycles. The van der Waals surface area contributed by atoms with Crippen LogP contribution in [0.5, 0.6) is 0 Å². The van der Waals surface area contributed by atoms with Gasteiger partial charge in [0.1, 0.15) is 0 Å². The Hall–Kier alpha value is -1.13. The Labute approximate surface area is 165 Å². The van der Waals surface area contributed by atoms with Gasteiger partial charge in [-0.15, -0.1) is 0 Å². The van der Waals surface area contributed by atoms with Crippen molar-refractivity contribution in [3.8, 4) is 0 Å². The summed E-state index contributed by atoms with van der Waals surface area (Å²) < 4.78 is 0. The van der Waals surface area contributed by atoms with Crippen LogP contribution in [-0.2, 0) is 6.42 Å². The molecule has 3 nitrogen and oxygen atoms in total. The quantitative estimate of drug-likeness (QED) is 0.721. The second-order valence-electron chi connectivity index (χ2n) is 8.13. The monoisotopic (exact) mass is 373 g/mol. The fourth-order valence-corrected chi connectivity index (χ4v) is 4.85. The number of likely N-dealkylation sites (tertiary alicyclic amines) is 1. The number of nitrogens with one attached hydrogen (secondary N) is 1. The number of hydrogen-bond donors (Lipinski definition) is 1. The Kier molecular flexibility index (Phi) is 7.75. The Morgan fingerprint density at radius 1 is 1.12 bits per heavy atom. The molecule has 1 N–H and O–H groups in total. The lowest BCUT2D eigenvalue weighted by Gasteiger charge is -2.33. The normalized spacial score (nSPS) is 21.3. The lowest BCUT2D eigenvalue weighted by Crippen LogP contribution is -2.49. The predicted molar refractivity (Wildman–Crippen MR) is 115 cm³/mol. The minimum absolute atomic E-state index is 0.584. The van der Waals surface area contributed by atoms with Gasteiger partial charge in [0.15, 0.2) is 5.11 Å². The van der Waals surface area contributed by atoms with Crippen molar-refractivity contribution in [3.63, 3.8) is 0 Å². The van der Waals surface area contributed by atoms with Crippen molar-refractivity contribution in [1.82, 2.24) is 15.1 Å². The summed E-state index contributed by atoms with van der Waals surface area (Å²) in [4.78, 5) is 4.97. The van der Waals surface area contributed by atoms with Gasteiger partial charge in [0.05, 0.1) is 0 Å². The van der Waals surface area contributed by atoms with E-state index in [1.807, 2.05) is 0 Å². The molecule has 1 unspecified atom stereocenters. The van der Waals surface area contributed by atoms with Crippen LogP contribution in [-0.4, -0.2) is 53.7 Å². The van der Waals surface area contributed by atoms with Crippen molar-refractivity contribution in [2.24, 2.45) is 0 Å². The number of nitrogens with zero attached hydrogens (tertiary/aromatic N) is 2. The molecule has 1 aliphatic carbocycles. The maximum Gasteiger partial charge on any atom is 0.169 e. The van der Waals surface area contributed by atoms with Crippen molar-refractivity contribution in [3.05, 3.63) is 35.9 Å². The van der Waals surface area contributed by atoms with Gasteiger partial charge in [-0.05, 0) is 69.9 Å². The van der Waals surface area contributed by atoms with Crippen molar-refractivity contribution < 1.29 is 0 Å². The molecule has 1 heterocycles. The van der Waals surface area contributed by atoms with E-state index in [2.05, 4.69) is 52.5 Å². The third-order valence-corrected chi connectivity index (χ3v) is 6.29. The molecule has 2 fully saturated rings. The summed E-state index contributed by atoms with van der Waals surface area (Å²) in [5.74, 6) is 0. The predicted octanol–water partition coefficient (Wildman–Crippen LogP) is 4.22. The van der Waals surface area contributed by atoms with E-state index in [9.17, 15) is 0 Å². The Morgan fingerprint density at radius 3 is 2.65 bits per heavy atom. The largest absolute Gasteiger partial charge is 0.360 e. The molecule has 1 aliphatic heterocycles. The van der Waals surface area contributed by atoms with Gasteiger partial charge in [0.2, 0.25) is 0 Å². The highest BCUT2D eigenvalue weighted by Crippen LogP contribution is 2.21. The summed E-state index contributed by atoms with van der Waals surface area (Å²) >= 11 is 5.77. The lowest BCUT2D eigenvalue weighted by atomic mass is 9.96. The van der Waals surface area contributed by atoms with Gasteiger partial charge >= 0.3 is 0 Å². The summed E-state index contributed by atoms with van der Waals surface area (Å²) in [6, 6.07) is 12.0. The molecule has 0 aromatic heterocycles. The van der Waals surface area contributed by atoms with E-state index >= 15 is 0 Å². The third kappa shape index (κ3) is 5.95. The van der Waals surface area contributed by atoms with Crippen LogP contribution in [0.1, 0.15) is 56.9 Å². The first-order valence-electron chi connectivity index (χ1n) is 10.5. The van der Waals surface area contributed by atoms with Gasteiger partial charge in [-0.1, -0.05) is 49.6 Å². The second-order valence-corrected chi connectivity index (χ2v) is 8.51. The van der Waals surface area contributed by atoms with Gasteiger partial charge in [-0.3, -0.25) is 0 Å². The highest BCUT2D eigenvalue weighted by Gasteiger charge is 2.28. The van der Waals surface area contributed by atoms with E-state index in [1.54, 1.807) is 0 Å². The first-order chi connectivity index (χ1) is 12.7. The van der Waals surface area contributed by atoms with E-state index in [0.29, 0.717) is 12.1 Å². The lowest BCUT2D eigenvalue weighted by molar-refractivity contribution is 0.246. The standard InChI is InChI=1S/C22H35N3S/c1-24(16-8-12-19-10-4-2-5-11-19)18-21-15-9-17-25(21)22(26)23-20-13-6-3-7-14-20/h2,4-5,10-11,20-21H,3,6-9,12-18H2,1H3,(H,23,26). The molecule has 4 heteroatoms. The van der Waals surface area contributed by atoms with Crippen molar-refractivity contribution >= 4 is 17.3 Å². The zero-order valence-corrected chi connectivity index (χ0v) is 17.1. The molecule has 1 aromatic rings. The van der Waals surface area contributed by atoms with E-state index < -0.39 is 0 Å². The Morgan fingerprint density at radius 2 is 1.88 bits per heavy atom. The van der Waals surface area contributed by atoms with E-state index in [4.69, 9.17) is 12.2 Å². The molecular formula is C22H35N3S. The fraction of sp³-hybridized carbons (Fsp3) is 0.682. The van der Waals surface area contributed by atoms with E-state index in [0.717, 1.165) is 24.7 Å². The minimum Gasteiger partial charge on any atom is -0.360 e. The van der Waals surface area contributed by atoms with Crippen LogP contribution in [0.25, 0.3) is 0 Å². The molecule has 0 spiro atoms. The number of likely N-dealkylation sites (N-methyl/N-ethyl adjacent to an activating group) is 1. The average Bonchev–Trinajstić information content (AvgIpc) is 3.11. The highest BCUT2D eigenvalue weighted by molar-refractivity contribution is 7.80. The van der Waals surface area contributed by atoms with Crippen LogP contribution in [0.2, 0.25) is 0 Å².